The Balaban J connectivity index is 1.92. The van der Waals surface area contributed by atoms with E-state index in [-0.39, 0.29) is 5.57 Å². The first-order chi connectivity index (χ1) is 13.5. The molecule has 0 unspecified atom stereocenters. The minimum atomic E-state index is -0.670. The van der Waals surface area contributed by atoms with Gasteiger partial charge in [-0.3, -0.25) is 9.59 Å². The number of nitrogens with zero attached hydrogens (tertiary/aromatic N) is 2. The van der Waals surface area contributed by atoms with Crippen molar-refractivity contribution in [1.29, 1.82) is 5.26 Å². The molecule has 0 radical (unpaired) electrons. The van der Waals surface area contributed by atoms with Gasteiger partial charge in [-0.05, 0) is 49.1 Å². The Kier molecular flexibility index (Phi) is 7.79. The number of aryl methyl sites for hydroxylation is 1. The van der Waals surface area contributed by atoms with E-state index in [1.807, 2.05) is 24.3 Å². The lowest BCUT2D eigenvalue weighted by molar-refractivity contribution is -0.123. The van der Waals surface area contributed by atoms with Crippen molar-refractivity contribution in [2.24, 2.45) is 0 Å². The Bertz CT molecular complexity index is 868. The van der Waals surface area contributed by atoms with Crippen molar-refractivity contribution in [3.8, 4) is 6.07 Å². The van der Waals surface area contributed by atoms with Crippen LogP contribution in [-0.4, -0.2) is 18.4 Å². The highest BCUT2D eigenvalue weighted by atomic mass is 16.2. The number of nitrogen functional groups attached to an aromatic ring is 1. The highest BCUT2D eigenvalue weighted by Gasteiger charge is 2.23. The SMILES string of the molecule is CC(=O)N(C(=O)/C(C#N)=C\NCCCCc1ccccc1)c1ccc(N)cc1. The number of rotatable bonds is 8. The van der Waals surface area contributed by atoms with E-state index in [9.17, 15) is 14.9 Å². The molecule has 0 aromatic heterocycles. The van der Waals surface area contributed by atoms with E-state index in [0.29, 0.717) is 17.9 Å². The first-order valence-electron chi connectivity index (χ1n) is 9.11. The number of nitriles is 1. The molecule has 6 nitrogen and oxygen atoms in total. The summed E-state index contributed by atoms with van der Waals surface area (Å²) in [5, 5.41) is 12.3. The zero-order valence-corrected chi connectivity index (χ0v) is 15.9. The average Bonchev–Trinajstić information content (AvgIpc) is 2.69. The van der Waals surface area contributed by atoms with Gasteiger partial charge in [0.1, 0.15) is 11.6 Å². The molecule has 0 aliphatic rings. The van der Waals surface area contributed by atoms with Crippen LogP contribution in [0.3, 0.4) is 0 Å². The van der Waals surface area contributed by atoms with Crippen LogP contribution in [0.25, 0.3) is 0 Å². The summed E-state index contributed by atoms with van der Waals surface area (Å²) in [7, 11) is 0. The summed E-state index contributed by atoms with van der Waals surface area (Å²) in [5.74, 6) is -1.14. The molecule has 2 aromatic carbocycles. The Morgan fingerprint density at radius 3 is 2.39 bits per heavy atom. The molecule has 0 saturated heterocycles. The van der Waals surface area contributed by atoms with Crippen LogP contribution in [0.5, 0.6) is 0 Å². The zero-order chi connectivity index (χ0) is 20.4. The summed E-state index contributed by atoms with van der Waals surface area (Å²) >= 11 is 0. The quantitative estimate of drug-likeness (QED) is 0.319. The van der Waals surface area contributed by atoms with E-state index >= 15 is 0 Å². The molecule has 2 aromatic rings. The molecule has 0 bridgehead atoms. The molecular formula is C22H24N4O2. The molecule has 2 rings (SSSR count). The third-order valence-electron chi connectivity index (χ3n) is 4.15. The lowest BCUT2D eigenvalue weighted by Gasteiger charge is -2.19. The van der Waals surface area contributed by atoms with Gasteiger partial charge in [-0.2, -0.15) is 5.26 Å². The average molecular weight is 376 g/mol. The number of imide groups is 1. The topological polar surface area (TPSA) is 99.2 Å². The Morgan fingerprint density at radius 2 is 1.79 bits per heavy atom. The Hall–Kier alpha value is -3.59. The maximum atomic E-state index is 12.6. The molecule has 0 aliphatic carbocycles. The number of carbonyl (C=O) groups is 2. The summed E-state index contributed by atoms with van der Waals surface area (Å²) in [4.78, 5) is 25.6. The first kappa shape index (κ1) is 20.7. The number of nitrogens with one attached hydrogen (secondary N) is 1. The third kappa shape index (κ3) is 5.99. The summed E-state index contributed by atoms with van der Waals surface area (Å²) in [6, 6.07) is 18.4. The smallest absolute Gasteiger partial charge is 0.277 e. The number of benzene rings is 2. The minimum Gasteiger partial charge on any atom is -0.399 e. The highest BCUT2D eigenvalue weighted by Crippen LogP contribution is 2.18. The monoisotopic (exact) mass is 376 g/mol. The van der Waals surface area contributed by atoms with Crippen molar-refractivity contribution < 1.29 is 9.59 Å². The fraction of sp³-hybridized carbons (Fsp3) is 0.227. The van der Waals surface area contributed by atoms with Gasteiger partial charge >= 0.3 is 0 Å². The van der Waals surface area contributed by atoms with Crippen molar-refractivity contribution in [2.45, 2.75) is 26.2 Å². The van der Waals surface area contributed by atoms with Gasteiger partial charge in [0, 0.05) is 25.4 Å². The standard InChI is InChI=1S/C22H24N4O2/c1-17(27)26(21-12-10-20(24)11-13-21)22(28)19(15-23)16-25-14-6-5-9-18-7-3-2-4-8-18/h2-4,7-8,10-13,16,25H,5-6,9,14,24H2,1H3/b19-16-. The summed E-state index contributed by atoms with van der Waals surface area (Å²) in [6.45, 7) is 1.91. The fourth-order valence-electron chi connectivity index (χ4n) is 2.70. The second-order valence-electron chi connectivity index (χ2n) is 6.32. The van der Waals surface area contributed by atoms with Crippen LogP contribution in [0.15, 0.2) is 66.4 Å². The van der Waals surface area contributed by atoms with Crippen LogP contribution in [0.1, 0.15) is 25.3 Å². The highest BCUT2D eigenvalue weighted by molar-refractivity contribution is 6.21. The normalized spacial score (nSPS) is 10.8. The summed E-state index contributed by atoms with van der Waals surface area (Å²) < 4.78 is 0. The van der Waals surface area contributed by atoms with Gasteiger partial charge in [0.25, 0.3) is 5.91 Å². The predicted molar refractivity (Wildman–Crippen MR) is 110 cm³/mol. The van der Waals surface area contributed by atoms with Gasteiger partial charge in [0.15, 0.2) is 0 Å². The molecule has 0 fully saturated rings. The summed E-state index contributed by atoms with van der Waals surface area (Å²) in [6.07, 6.45) is 4.24. The van der Waals surface area contributed by atoms with Crippen LogP contribution >= 0.6 is 0 Å². The number of anilines is 2. The number of hydrogen-bond acceptors (Lipinski definition) is 5. The molecule has 0 spiro atoms. The molecule has 2 amide bonds. The molecule has 0 heterocycles. The van der Waals surface area contributed by atoms with Crippen LogP contribution in [0.2, 0.25) is 0 Å². The van der Waals surface area contributed by atoms with Crippen LogP contribution < -0.4 is 16.0 Å². The van der Waals surface area contributed by atoms with Crippen molar-refractivity contribution >= 4 is 23.2 Å². The summed E-state index contributed by atoms with van der Waals surface area (Å²) in [5.41, 5.74) is 7.69. The van der Waals surface area contributed by atoms with Crippen molar-refractivity contribution in [2.75, 3.05) is 17.2 Å². The van der Waals surface area contributed by atoms with E-state index < -0.39 is 11.8 Å². The second-order valence-corrected chi connectivity index (χ2v) is 6.32. The van der Waals surface area contributed by atoms with Crippen molar-refractivity contribution in [3.63, 3.8) is 0 Å². The maximum absolute atomic E-state index is 12.6. The fourth-order valence-corrected chi connectivity index (χ4v) is 2.70. The van der Waals surface area contributed by atoms with Gasteiger partial charge in [-0.25, -0.2) is 4.90 Å². The van der Waals surface area contributed by atoms with E-state index in [2.05, 4.69) is 17.4 Å². The lowest BCUT2D eigenvalue weighted by Crippen LogP contribution is -2.36. The largest absolute Gasteiger partial charge is 0.399 e. The maximum Gasteiger partial charge on any atom is 0.277 e. The Labute approximate surface area is 165 Å². The number of amides is 2. The minimum absolute atomic E-state index is 0.130. The number of carbonyl (C=O) groups excluding carboxylic acids is 2. The number of hydrogen-bond donors (Lipinski definition) is 2. The van der Waals surface area contributed by atoms with E-state index in [1.165, 1.54) is 18.7 Å². The molecule has 3 N–H and O–H groups in total. The Morgan fingerprint density at radius 1 is 1.11 bits per heavy atom. The first-order valence-corrected chi connectivity index (χ1v) is 9.11. The van der Waals surface area contributed by atoms with Gasteiger partial charge in [0.05, 0.1) is 5.69 Å². The lowest BCUT2D eigenvalue weighted by atomic mass is 10.1. The molecule has 0 aliphatic heterocycles. The van der Waals surface area contributed by atoms with Gasteiger partial charge < -0.3 is 11.1 Å². The van der Waals surface area contributed by atoms with Crippen LogP contribution in [0.4, 0.5) is 11.4 Å². The van der Waals surface area contributed by atoms with Crippen molar-refractivity contribution in [1.82, 2.24) is 5.32 Å². The molecular weight excluding hydrogens is 352 g/mol. The van der Waals surface area contributed by atoms with Gasteiger partial charge in [-0.1, -0.05) is 30.3 Å². The van der Waals surface area contributed by atoms with E-state index in [1.54, 1.807) is 24.3 Å². The second kappa shape index (κ2) is 10.5. The van der Waals surface area contributed by atoms with E-state index in [4.69, 9.17) is 5.73 Å². The van der Waals surface area contributed by atoms with E-state index in [0.717, 1.165) is 24.2 Å². The number of nitrogens with two attached hydrogens (primary N) is 1. The number of unbranched alkanes of at least 4 members (excludes halogenated alkanes) is 1. The molecule has 144 valence electrons. The zero-order valence-electron chi connectivity index (χ0n) is 15.9. The molecule has 0 atom stereocenters. The molecule has 28 heavy (non-hydrogen) atoms. The molecule has 6 heteroatoms. The molecule has 0 saturated carbocycles. The van der Waals surface area contributed by atoms with Crippen LogP contribution in [-0.2, 0) is 16.0 Å². The van der Waals surface area contributed by atoms with Gasteiger partial charge in [-0.15, -0.1) is 0 Å². The van der Waals surface area contributed by atoms with Crippen molar-refractivity contribution in [3.05, 3.63) is 71.9 Å². The predicted octanol–water partition coefficient (Wildman–Crippen LogP) is 3.17. The van der Waals surface area contributed by atoms with Gasteiger partial charge in [0.2, 0.25) is 5.91 Å². The third-order valence-corrected chi connectivity index (χ3v) is 4.15. The van der Waals surface area contributed by atoms with Crippen LogP contribution in [0, 0.1) is 11.3 Å².